The number of hydrogen-bond acceptors (Lipinski definition) is 3. The monoisotopic (exact) mass is 386 g/mol. The average Bonchev–Trinajstić information content (AvgIpc) is 2.59. The van der Waals surface area contributed by atoms with E-state index in [1.807, 2.05) is 42.5 Å². The molecule has 0 aliphatic carbocycles. The van der Waals surface area contributed by atoms with Crippen LogP contribution in [0.2, 0.25) is 0 Å². The summed E-state index contributed by atoms with van der Waals surface area (Å²) in [7, 11) is -3.62. The van der Waals surface area contributed by atoms with E-state index in [0.717, 1.165) is 11.1 Å². The molecular formula is C23H30O3S. The van der Waals surface area contributed by atoms with Crippen LogP contribution in [0.4, 0.5) is 0 Å². The van der Waals surface area contributed by atoms with Gasteiger partial charge in [0.15, 0.2) is 9.84 Å². The molecule has 4 heteroatoms. The number of carbonyl (C=O) groups excluding carboxylic acids is 1. The van der Waals surface area contributed by atoms with Crippen molar-refractivity contribution in [1.29, 1.82) is 0 Å². The summed E-state index contributed by atoms with van der Waals surface area (Å²) < 4.78 is 25.3. The van der Waals surface area contributed by atoms with Gasteiger partial charge in [0.25, 0.3) is 0 Å². The first-order chi connectivity index (χ1) is 12.5. The second-order valence-electron chi connectivity index (χ2n) is 8.54. The zero-order valence-corrected chi connectivity index (χ0v) is 17.7. The summed E-state index contributed by atoms with van der Waals surface area (Å²) in [6.45, 7) is 10.4. The molecule has 0 radical (unpaired) electrons. The minimum Gasteiger partial charge on any atom is -0.299 e. The van der Waals surface area contributed by atoms with Crippen LogP contribution in [0.25, 0.3) is 0 Å². The number of rotatable bonds is 7. The highest BCUT2D eigenvalue weighted by atomic mass is 32.2. The van der Waals surface area contributed by atoms with Gasteiger partial charge in [-0.3, -0.25) is 4.79 Å². The molecule has 0 N–H and O–H groups in total. The van der Waals surface area contributed by atoms with E-state index in [1.54, 1.807) is 12.1 Å². The molecule has 0 spiro atoms. The Morgan fingerprint density at radius 1 is 0.926 bits per heavy atom. The Bertz CT molecular complexity index is 858. The van der Waals surface area contributed by atoms with Gasteiger partial charge in [0.05, 0.1) is 4.90 Å². The summed E-state index contributed by atoms with van der Waals surface area (Å²) in [5, 5.41) is 0. The highest BCUT2D eigenvalue weighted by molar-refractivity contribution is 7.92. The van der Waals surface area contributed by atoms with E-state index in [-0.39, 0.29) is 34.4 Å². The van der Waals surface area contributed by atoms with Gasteiger partial charge in [-0.05, 0) is 40.5 Å². The van der Waals surface area contributed by atoms with Crippen LogP contribution in [-0.4, -0.2) is 20.0 Å². The number of Topliss-reactive ketones (excluding diaryl/α,β-unsaturated/α-hetero) is 1. The Morgan fingerprint density at radius 2 is 1.48 bits per heavy atom. The van der Waals surface area contributed by atoms with Gasteiger partial charge in [0.1, 0.15) is 11.5 Å². The minimum atomic E-state index is -3.62. The van der Waals surface area contributed by atoms with Crippen LogP contribution < -0.4 is 0 Å². The van der Waals surface area contributed by atoms with Gasteiger partial charge in [-0.25, -0.2) is 8.42 Å². The summed E-state index contributed by atoms with van der Waals surface area (Å²) in [4.78, 5) is 12.8. The Morgan fingerprint density at radius 3 is 1.96 bits per heavy atom. The van der Waals surface area contributed by atoms with E-state index < -0.39 is 15.6 Å². The number of carbonyl (C=O) groups is 1. The van der Waals surface area contributed by atoms with Gasteiger partial charge in [0.2, 0.25) is 0 Å². The van der Waals surface area contributed by atoms with Gasteiger partial charge < -0.3 is 0 Å². The molecule has 2 rings (SSSR count). The highest BCUT2D eigenvalue weighted by Gasteiger charge is 2.25. The second kappa shape index (κ2) is 8.39. The summed E-state index contributed by atoms with van der Waals surface area (Å²) in [6, 6.07) is 16.7. The van der Waals surface area contributed by atoms with Crippen molar-refractivity contribution < 1.29 is 13.2 Å². The number of sulfone groups is 1. The molecular weight excluding hydrogens is 356 g/mol. The summed E-state index contributed by atoms with van der Waals surface area (Å²) in [5.74, 6) is -0.405. The standard InChI is InChI=1S/C23H30O3S/c1-17(2)22(18-9-7-6-8-10-18)15-20(24)16-27(25,26)21-13-11-19(12-14-21)23(3,4)5/h6-14,17,22H,15-16H2,1-5H3. The Labute approximate surface area is 163 Å². The first-order valence-corrected chi connectivity index (χ1v) is 11.1. The Hall–Kier alpha value is -1.94. The second-order valence-corrected chi connectivity index (χ2v) is 10.5. The Kier molecular flexibility index (Phi) is 6.63. The van der Waals surface area contributed by atoms with Crippen LogP contribution in [-0.2, 0) is 20.0 Å². The zero-order chi connectivity index (χ0) is 20.2. The first kappa shape index (κ1) is 21.4. The predicted molar refractivity (Wildman–Crippen MR) is 111 cm³/mol. The molecule has 0 saturated heterocycles. The summed E-state index contributed by atoms with van der Waals surface area (Å²) in [6.07, 6.45) is 0.237. The Balaban J connectivity index is 2.13. The third-order valence-electron chi connectivity index (χ3n) is 4.91. The number of benzene rings is 2. The molecule has 0 aliphatic heterocycles. The zero-order valence-electron chi connectivity index (χ0n) is 16.9. The predicted octanol–water partition coefficient (Wildman–Crippen LogP) is 5.16. The molecule has 0 amide bonds. The number of ketones is 1. The fourth-order valence-electron chi connectivity index (χ4n) is 3.20. The van der Waals surface area contributed by atoms with Gasteiger partial charge in [0, 0.05) is 6.42 Å². The SMILES string of the molecule is CC(C)C(CC(=O)CS(=O)(=O)c1ccc(C(C)(C)C)cc1)c1ccccc1. The van der Waals surface area contributed by atoms with Crippen molar-refractivity contribution in [3.8, 4) is 0 Å². The van der Waals surface area contributed by atoms with Gasteiger partial charge in [-0.2, -0.15) is 0 Å². The van der Waals surface area contributed by atoms with Crippen LogP contribution in [0.5, 0.6) is 0 Å². The lowest BCUT2D eigenvalue weighted by molar-refractivity contribution is -0.117. The quantitative estimate of drug-likeness (QED) is 0.661. The van der Waals surface area contributed by atoms with Crippen LogP contribution in [0.1, 0.15) is 58.1 Å². The smallest absolute Gasteiger partial charge is 0.185 e. The van der Waals surface area contributed by atoms with E-state index in [4.69, 9.17) is 0 Å². The lowest BCUT2D eigenvalue weighted by Gasteiger charge is -2.21. The van der Waals surface area contributed by atoms with Crippen molar-refractivity contribution in [2.24, 2.45) is 5.92 Å². The third-order valence-corrected chi connectivity index (χ3v) is 6.60. The summed E-state index contributed by atoms with van der Waals surface area (Å²) in [5.41, 5.74) is 2.10. The van der Waals surface area contributed by atoms with Crippen molar-refractivity contribution >= 4 is 15.6 Å². The van der Waals surface area contributed by atoms with Crippen LogP contribution >= 0.6 is 0 Å². The topological polar surface area (TPSA) is 51.2 Å². The van der Waals surface area contributed by atoms with Crippen molar-refractivity contribution in [3.63, 3.8) is 0 Å². The van der Waals surface area contributed by atoms with Gasteiger partial charge >= 0.3 is 0 Å². The maximum Gasteiger partial charge on any atom is 0.185 e. The molecule has 2 aromatic carbocycles. The van der Waals surface area contributed by atoms with Gasteiger partial charge in [-0.1, -0.05) is 77.1 Å². The van der Waals surface area contributed by atoms with Crippen LogP contribution in [0.15, 0.2) is 59.5 Å². The molecule has 0 aliphatic rings. The third kappa shape index (κ3) is 5.77. The minimum absolute atomic E-state index is 0.0252. The fourth-order valence-corrected chi connectivity index (χ4v) is 4.46. The van der Waals surface area contributed by atoms with Crippen molar-refractivity contribution in [3.05, 3.63) is 65.7 Å². The molecule has 0 aromatic heterocycles. The molecule has 2 aromatic rings. The molecule has 0 bridgehead atoms. The van der Waals surface area contributed by atoms with Gasteiger partial charge in [-0.15, -0.1) is 0 Å². The van der Waals surface area contributed by atoms with E-state index in [2.05, 4.69) is 34.6 Å². The lowest BCUT2D eigenvalue weighted by atomic mass is 9.85. The largest absolute Gasteiger partial charge is 0.299 e. The van der Waals surface area contributed by atoms with Crippen molar-refractivity contribution in [2.45, 2.75) is 57.3 Å². The van der Waals surface area contributed by atoms with Crippen molar-refractivity contribution in [2.75, 3.05) is 5.75 Å². The van der Waals surface area contributed by atoms with E-state index in [0.29, 0.717) is 0 Å². The van der Waals surface area contributed by atoms with Crippen LogP contribution in [0.3, 0.4) is 0 Å². The molecule has 0 heterocycles. The van der Waals surface area contributed by atoms with E-state index >= 15 is 0 Å². The molecule has 0 saturated carbocycles. The highest BCUT2D eigenvalue weighted by Crippen LogP contribution is 2.29. The molecule has 1 unspecified atom stereocenters. The molecule has 0 fully saturated rings. The molecule has 1 atom stereocenters. The average molecular weight is 387 g/mol. The van der Waals surface area contributed by atoms with Crippen molar-refractivity contribution in [1.82, 2.24) is 0 Å². The maximum absolute atomic E-state index is 12.7. The lowest BCUT2D eigenvalue weighted by Crippen LogP contribution is -2.20. The fraction of sp³-hybridized carbons (Fsp3) is 0.435. The normalized spacial score (nSPS) is 13.6. The molecule has 27 heavy (non-hydrogen) atoms. The first-order valence-electron chi connectivity index (χ1n) is 9.40. The molecule has 146 valence electrons. The summed E-state index contributed by atoms with van der Waals surface area (Å²) >= 11 is 0. The number of hydrogen-bond donors (Lipinski definition) is 0. The maximum atomic E-state index is 12.7. The molecule has 3 nitrogen and oxygen atoms in total. The van der Waals surface area contributed by atoms with E-state index in [1.165, 1.54) is 0 Å². The van der Waals surface area contributed by atoms with E-state index in [9.17, 15) is 13.2 Å². The van der Waals surface area contributed by atoms with Crippen LogP contribution in [0, 0.1) is 5.92 Å².